The first kappa shape index (κ1) is 12.1. The fraction of sp³-hybridized carbons (Fsp3) is 0.143. The third kappa shape index (κ3) is 3.31. The largest absolute Gasteiger partial charge is 0.492 e. The second-order valence-corrected chi connectivity index (χ2v) is 3.77. The number of carboxylic acid groups (broad SMARTS) is 1. The summed E-state index contributed by atoms with van der Waals surface area (Å²) >= 11 is 0. The van der Waals surface area contributed by atoms with Gasteiger partial charge < -0.3 is 9.84 Å². The van der Waals surface area contributed by atoms with Crippen molar-refractivity contribution in [2.75, 3.05) is 6.61 Å². The number of aromatic nitrogens is 1. The lowest BCUT2D eigenvalue weighted by Gasteiger charge is -2.05. The Hall–Kier alpha value is -2.36. The minimum absolute atomic E-state index is 0.0189. The zero-order chi connectivity index (χ0) is 12.8. The first-order valence-corrected chi connectivity index (χ1v) is 5.62. The molecule has 2 aromatic rings. The van der Waals surface area contributed by atoms with Crippen LogP contribution in [0.3, 0.4) is 0 Å². The second-order valence-electron chi connectivity index (χ2n) is 3.77. The first-order valence-electron chi connectivity index (χ1n) is 5.62. The van der Waals surface area contributed by atoms with Crippen molar-refractivity contribution >= 4 is 5.97 Å². The molecule has 18 heavy (non-hydrogen) atoms. The van der Waals surface area contributed by atoms with E-state index in [0.29, 0.717) is 12.4 Å². The maximum Gasteiger partial charge on any atom is 0.354 e. The van der Waals surface area contributed by atoms with Crippen molar-refractivity contribution in [3.05, 3.63) is 59.9 Å². The van der Waals surface area contributed by atoms with Crippen LogP contribution < -0.4 is 4.74 Å². The van der Waals surface area contributed by atoms with Gasteiger partial charge in [0, 0.05) is 6.42 Å². The number of carbonyl (C=O) groups is 1. The molecular weight excluding hydrogens is 230 g/mol. The van der Waals surface area contributed by atoms with Crippen LogP contribution in [0.15, 0.2) is 48.7 Å². The quantitative estimate of drug-likeness (QED) is 0.876. The summed E-state index contributed by atoms with van der Waals surface area (Å²) < 4.78 is 5.49. The van der Waals surface area contributed by atoms with E-state index < -0.39 is 5.97 Å². The molecule has 0 aliphatic rings. The van der Waals surface area contributed by atoms with Gasteiger partial charge in [0.05, 0.1) is 12.8 Å². The van der Waals surface area contributed by atoms with Gasteiger partial charge in [-0.05, 0) is 17.7 Å². The number of pyridine rings is 1. The third-order valence-electron chi connectivity index (χ3n) is 2.46. The van der Waals surface area contributed by atoms with E-state index in [0.717, 1.165) is 6.42 Å². The molecule has 0 amide bonds. The van der Waals surface area contributed by atoms with Gasteiger partial charge in [0.25, 0.3) is 0 Å². The van der Waals surface area contributed by atoms with Crippen molar-refractivity contribution < 1.29 is 14.6 Å². The number of benzene rings is 1. The number of nitrogens with zero attached hydrogens (tertiary/aromatic N) is 1. The van der Waals surface area contributed by atoms with Crippen LogP contribution in [0.1, 0.15) is 16.1 Å². The second kappa shape index (κ2) is 5.82. The molecule has 2 rings (SSSR count). The van der Waals surface area contributed by atoms with Gasteiger partial charge >= 0.3 is 5.97 Å². The monoisotopic (exact) mass is 243 g/mol. The Morgan fingerprint density at radius 1 is 1.17 bits per heavy atom. The lowest BCUT2D eigenvalue weighted by molar-refractivity contribution is 0.0690. The van der Waals surface area contributed by atoms with E-state index in [1.165, 1.54) is 17.8 Å². The predicted octanol–water partition coefficient (Wildman–Crippen LogP) is 2.40. The highest BCUT2D eigenvalue weighted by molar-refractivity contribution is 5.85. The van der Waals surface area contributed by atoms with Crippen molar-refractivity contribution in [1.82, 2.24) is 4.98 Å². The Balaban J connectivity index is 1.85. The van der Waals surface area contributed by atoms with E-state index in [1.54, 1.807) is 6.07 Å². The zero-order valence-corrected chi connectivity index (χ0v) is 9.74. The molecule has 0 aliphatic carbocycles. The lowest BCUT2D eigenvalue weighted by atomic mass is 10.2. The van der Waals surface area contributed by atoms with E-state index in [-0.39, 0.29) is 5.69 Å². The Kier molecular flexibility index (Phi) is 3.91. The molecule has 1 aromatic heterocycles. The van der Waals surface area contributed by atoms with Crippen LogP contribution in [-0.2, 0) is 6.42 Å². The molecule has 0 atom stereocenters. The highest BCUT2D eigenvalue weighted by atomic mass is 16.5. The maximum atomic E-state index is 10.6. The predicted molar refractivity (Wildman–Crippen MR) is 66.8 cm³/mol. The van der Waals surface area contributed by atoms with Crippen LogP contribution in [0.25, 0.3) is 0 Å². The van der Waals surface area contributed by atoms with E-state index in [9.17, 15) is 4.79 Å². The Morgan fingerprint density at radius 3 is 2.56 bits per heavy atom. The molecule has 0 spiro atoms. The summed E-state index contributed by atoms with van der Waals surface area (Å²) in [7, 11) is 0. The normalized spacial score (nSPS) is 10.0. The fourth-order valence-corrected chi connectivity index (χ4v) is 1.52. The number of hydrogen-bond acceptors (Lipinski definition) is 3. The minimum atomic E-state index is -1.04. The van der Waals surface area contributed by atoms with Gasteiger partial charge in [0.15, 0.2) is 0 Å². The number of hydrogen-bond donors (Lipinski definition) is 1. The highest BCUT2D eigenvalue weighted by Crippen LogP contribution is 2.10. The van der Waals surface area contributed by atoms with Crippen LogP contribution in [-0.4, -0.2) is 22.7 Å². The van der Waals surface area contributed by atoms with Crippen molar-refractivity contribution in [1.29, 1.82) is 0 Å². The number of aromatic carboxylic acids is 1. The van der Waals surface area contributed by atoms with E-state index in [2.05, 4.69) is 4.98 Å². The molecule has 0 aliphatic heterocycles. The average Bonchev–Trinajstić information content (AvgIpc) is 2.40. The van der Waals surface area contributed by atoms with Crippen molar-refractivity contribution in [2.24, 2.45) is 0 Å². The van der Waals surface area contributed by atoms with Crippen molar-refractivity contribution in [3.63, 3.8) is 0 Å². The van der Waals surface area contributed by atoms with Crippen LogP contribution in [0.4, 0.5) is 0 Å². The van der Waals surface area contributed by atoms with E-state index in [4.69, 9.17) is 9.84 Å². The molecule has 0 bridgehead atoms. The summed E-state index contributed by atoms with van der Waals surface area (Å²) in [6, 6.07) is 13.1. The molecule has 4 nitrogen and oxygen atoms in total. The van der Waals surface area contributed by atoms with Crippen molar-refractivity contribution in [2.45, 2.75) is 6.42 Å². The summed E-state index contributed by atoms with van der Waals surface area (Å²) in [5.74, 6) is -0.457. The average molecular weight is 243 g/mol. The van der Waals surface area contributed by atoms with Gasteiger partial charge in [0.2, 0.25) is 0 Å². The molecule has 1 N–H and O–H groups in total. The van der Waals surface area contributed by atoms with Gasteiger partial charge in [-0.25, -0.2) is 9.78 Å². The summed E-state index contributed by atoms with van der Waals surface area (Å²) in [5.41, 5.74) is 1.22. The highest BCUT2D eigenvalue weighted by Gasteiger charge is 2.03. The lowest BCUT2D eigenvalue weighted by Crippen LogP contribution is -2.03. The molecule has 92 valence electrons. The SMILES string of the molecule is O=C(O)c1ccc(OCCc2ccccc2)cn1. The molecule has 0 fully saturated rings. The molecule has 0 unspecified atom stereocenters. The smallest absolute Gasteiger partial charge is 0.354 e. The molecular formula is C14H13NO3. The van der Waals surface area contributed by atoms with Gasteiger partial charge in [-0.3, -0.25) is 0 Å². The van der Waals surface area contributed by atoms with Crippen LogP contribution >= 0.6 is 0 Å². The van der Waals surface area contributed by atoms with Gasteiger partial charge in [0.1, 0.15) is 11.4 Å². The number of rotatable bonds is 5. The third-order valence-corrected chi connectivity index (χ3v) is 2.46. The molecule has 4 heteroatoms. The van der Waals surface area contributed by atoms with Crippen LogP contribution in [0, 0.1) is 0 Å². The number of carboxylic acids is 1. The van der Waals surface area contributed by atoms with E-state index in [1.807, 2.05) is 30.3 Å². The summed E-state index contributed by atoms with van der Waals surface area (Å²) in [6.07, 6.45) is 2.23. The minimum Gasteiger partial charge on any atom is -0.492 e. The van der Waals surface area contributed by atoms with Crippen LogP contribution in [0.2, 0.25) is 0 Å². The fourth-order valence-electron chi connectivity index (χ4n) is 1.52. The van der Waals surface area contributed by atoms with E-state index >= 15 is 0 Å². The van der Waals surface area contributed by atoms with Crippen LogP contribution in [0.5, 0.6) is 5.75 Å². The zero-order valence-electron chi connectivity index (χ0n) is 9.74. The molecule has 1 heterocycles. The van der Waals surface area contributed by atoms with Gasteiger partial charge in [-0.2, -0.15) is 0 Å². The topological polar surface area (TPSA) is 59.4 Å². The van der Waals surface area contributed by atoms with Crippen molar-refractivity contribution in [3.8, 4) is 5.75 Å². The standard InChI is InChI=1S/C14H13NO3/c16-14(17)13-7-6-12(10-15-13)18-9-8-11-4-2-1-3-5-11/h1-7,10H,8-9H2,(H,16,17). The summed E-state index contributed by atoms with van der Waals surface area (Å²) in [6.45, 7) is 0.540. The molecule has 0 saturated carbocycles. The first-order chi connectivity index (χ1) is 8.75. The molecule has 0 saturated heterocycles. The Bertz CT molecular complexity index is 508. The summed E-state index contributed by atoms with van der Waals surface area (Å²) in [5, 5.41) is 8.70. The Labute approximate surface area is 105 Å². The Morgan fingerprint density at radius 2 is 1.94 bits per heavy atom. The maximum absolute atomic E-state index is 10.6. The molecule has 1 aromatic carbocycles. The molecule has 0 radical (unpaired) electrons. The van der Waals surface area contributed by atoms with Gasteiger partial charge in [-0.1, -0.05) is 30.3 Å². The van der Waals surface area contributed by atoms with Gasteiger partial charge in [-0.15, -0.1) is 0 Å². The summed E-state index contributed by atoms with van der Waals surface area (Å²) in [4.78, 5) is 14.4. The number of ether oxygens (including phenoxy) is 1.